The lowest BCUT2D eigenvalue weighted by atomic mass is 9.91. The Bertz CT molecular complexity index is 1010. The van der Waals surface area contributed by atoms with E-state index in [0.29, 0.717) is 5.82 Å². The summed E-state index contributed by atoms with van der Waals surface area (Å²) in [6.45, 7) is 9.34. The van der Waals surface area contributed by atoms with Crippen LogP contribution in [0.5, 0.6) is 0 Å². The Morgan fingerprint density at radius 3 is 2.42 bits per heavy atom. The maximum absolute atomic E-state index is 13.2. The fourth-order valence-electron chi connectivity index (χ4n) is 3.34. The summed E-state index contributed by atoms with van der Waals surface area (Å²) in [6.07, 6.45) is -1.13. The van der Waals surface area contributed by atoms with Crippen LogP contribution in [0.2, 0.25) is 0 Å². The van der Waals surface area contributed by atoms with Gasteiger partial charge in [-0.2, -0.15) is 10.1 Å². The fourth-order valence-corrected chi connectivity index (χ4v) is 3.34. The molecule has 3 aromatic rings. The van der Waals surface area contributed by atoms with Gasteiger partial charge in [-0.05, 0) is 37.0 Å². The number of aliphatic carboxylic acids is 1. The number of halogens is 2. The normalized spacial score (nSPS) is 13.7. The molecule has 1 saturated carbocycles. The summed E-state index contributed by atoms with van der Waals surface area (Å²) in [4.78, 5) is 15.2. The molecule has 9 heteroatoms. The van der Waals surface area contributed by atoms with E-state index >= 15 is 0 Å². The van der Waals surface area contributed by atoms with Crippen LogP contribution in [-0.4, -0.2) is 31.0 Å². The summed E-state index contributed by atoms with van der Waals surface area (Å²) in [7, 11) is 0. The van der Waals surface area contributed by atoms with Crippen molar-refractivity contribution in [2.45, 2.75) is 65.8 Å². The molecule has 1 aromatic carbocycles. The predicted molar refractivity (Wildman–Crippen MR) is 112 cm³/mol. The number of aromatic nitrogens is 4. The number of carboxylic acid groups (broad SMARTS) is 1. The van der Waals surface area contributed by atoms with E-state index in [1.165, 1.54) is 0 Å². The number of hydrogen-bond acceptors (Lipinski definition) is 5. The Kier molecular flexibility index (Phi) is 8.01. The maximum atomic E-state index is 13.2. The second-order valence-corrected chi connectivity index (χ2v) is 6.63. The molecule has 7 nitrogen and oxygen atoms in total. The first kappa shape index (κ1) is 24.2. The van der Waals surface area contributed by atoms with Gasteiger partial charge in [-0.3, -0.25) is 9.48 Å². The van der Waals surface area contributed by atoms with Crippen LogP contribution in [0.25, 0.3) is 11.6 Å². The molecule has 0 bridgehead atoms. The molecule has 4 rings (SSSR count). The monoisotopic (exact) mass is 434 g/mol. The molecule has 0 unspecified atom stereocenters. The van der Waals surface area contributed by atoms with Crippen LogP contribution in [-0.2, 0) is 16.8 Å². The molecular weight excluding hydrogens is 406 g/mol. The van der Waals surface area contributed by atoms with Crippen LogP contribution >= 0.6 is 0 Å². The molecule has 1 aliphatic rings. The van der Waals surface area contributed by atoms with Gasteiger partial charge in [-0.15, -0.1) is 0 Å². The number of nitrogens with zero attached hydrogens (tertiary/aromatic N) is 4. The van der Waals surface area contributed by atoms with Crippen LogP contribution < -0.4 is 0 Å². The molecule has 1 fully saturated rings. The van der Waals surface area contributed by atoms with Crippen molar-refractivity contribution < 1.29 is 23.2 Å². The van der Waals surface area contributed by atoms with Crippen molar-refractivity contribution in [2.75, 3.05) is 0 Å². The Labute approximate surface area is 180 Å². The number of benzene rings is 1. The van der Waals surface area contributed by atoms with Gasteiger partial charge in [-0.25, -0.2) is 8.78 Å². The van der Waals surface area contributed by atoms with Gasteiger partial charge < -0.3 is 9.63 Å². The molecule has 1 N–H and O–H groups in total. The minimum atomic E-state index is -2.87. The third-order valence-corrected chi connectivity index (χ3v) is 4.80. The van der Waals surface area contributed by atoms with Gasteiger partial charge in [0.25, 0.3) is 12.3 Å². The molecule has 2 aromatic heterocycles. The Morgan fingerprint density at radius 1 is 1.23 bits per heavy atom. The molecule has 168 valence electrons. The zero-order valence-corrected chi connectivity index (χ0v) is 18.4. The molecule has 1 aliphatic carbocycles. The van der Waals surface area contributed by atoms with Crippen molar-refractivity contribution in [3.63, 3.8) is 0 Å². The van der Waals surface area contributed by atoms with Gasteiger partial charge in [0.05, 0.1) is 5.41 Å². The van der Waals surface area contributed by atoms with Gasteiger partial charge in [0.2, 0.25) is 0 Å². The van der Waals surface area contributed by atoms with Gasteiger partial charge in [0, 0.05) is 0 Å². The molecule has 0 spiro atoms. The summed E-state index contributed by atoms with van der Waals surface area (Å²) < 4.78 is 32.3. The van der Waals surface area contributed by atoms with Gasteiger partial charge in [-0.1, -0.05) is 57.1 Å². The quantitative estimate of drug-likeness (QED) is 0.559. The molecule has 0 radical (unpaired) electrons. The highest BCUT2D eigenvalue weighted by Gasteiger charge is 2.50. The number of alkyl halides is 2. The molecule has 0 amide bonds. The zero-order valence-electron chi connectivity index (χ0n) is 18.4. The summed E-state index contributed by atoms with van der Waals surface area (Å²) in [5, 5.41) is 16.8. The zero-order chi connectivity index (χ0) is 23.2. The van der Waals surface area contributed by atoms with E-state index in [9.17, 15) is 13.6 Å². The van der Waals surface area contributed by atoms with E-state index in [-0.39, 0.29) is 17.0 Å². The lowest BCUT2D eigenvalue weighted by Gasteiger charge is -2.13. The predicted octanol–water partition coefficient (Wildman–Crippen LogP) is 5.40. The van der Waals surface area contributed by atoms with Crippen molar-refractivity contribution in [1.29, 1.82) is 0 Å². The standard InChI is InChI=1S/C18H16F2N4O3.2C2H6/c1-10-4-2-3-5-11(10)18(6-7-18)17-21-16(27-23-17)12-8-13(15(19)20)24(22-12)9-14(25)26;2*1-2/h2-5,8,15H,6-7,9H2,1H3,(H,25,26);2*1-2H3. The van der Waals surface area contributed by atoms with Crippen molar-refractivity contribution >= 4 is 5.97 Å². The molecule has 0 aliphatic heterocycles. The van der Waals surface area contributed by atoms with Crippen LogP contribution in [0.1, 0.15) is 69.6 Å². The highest BCUT2D eigenvalue weighted by Crippen LogP contribution is 2.53. The molecule has 0 saturated heterocycles. The fraction of sp³-hybridized carbons (Fsp3) is 0.455. The van der Waals surface area contributed by atoms with Crippen molar-refractivity contribution in [2.24, 2.45) is 0 Å². The number of hydrogen-bond donors (Lipinski definition) is 1. The number of rotatable bonds is 6. The first-order chi connectivity index (χ1) is 14.9. The minimum Gasteiger partial charge on any atom is -0.480 e. The molecule has 0 atom stereocenters. The van der Waals surface area contributed by atoms with Gasteiger partial charge in [0.1, 0.15) is 12.2 Å². The summed E-state index contributed by atoms with van der Waals surface area (Å²) in [5.41, 5.74) is 1.43. The SMILES string of the molecule is CC.CC.Cc1ccccc1C1(c2noc(-c3cc(C(F)F)n(CC(=O)O)n3)n2)CC1. The van der Waals surface area contributed by atoms with Gasteiger partial charge >= 0.3 is 5.97 Å². The molecule has 2 heterocycles. The summed E-state index contributed by atoms with van der Waals surface area (Å²) >= 11 is 0. The number of carbonyl (C=O) groups is 1. The van der Waals surface area contributed by atoms with Crippen molar-refractivity contribution in [1.82, 2.24) is 19.9 Å². The van der Waals surface area contributed by atoms with E-state index in [4.69, 9.17) is 9.63 Å². The lowest BCUT2D eigenvalue weighted by molar-refractivity contribution is -0.138. The van der Waals surface area contributed by atoms with Crippen LogP contribution in [0, 0.1) is 6.92 Å². The lowest BCUT2D eigenvalue weighted by Crippen LogP contribution is -2.13. The Balaban J connectivity index is 0.000000807. The summed E-state index contributed by atoms with van der Waals surface area (Å²) in [5.74, 6) is -0.789. The summed E-state index contributed by atoms with van der Waals surface area (Å²) in [6, 6.07) is 9.02. The Hall–Kier alpha value is -3.10. The molecule has 31 heavy (non-hydrogen) atoms. The van der Waals surface area contributed by atoms with Crippen molar-refractivity contribution in [3.05, 3.63) is 53.0 Å². The third kappa shape index (κ3) is 4.98. The highest BCUT2D eigenvalue weighted by atomic mass is 19.3. The van der Waals surface area contributed by atoms with E-state index in [1.807, 2.05) is 58.9 Å². The first-order valence-electron chi connectivity index (χ1n) is 10.4. The second-order valence-electron chi connectivity index (χ2n) is 6.63. The number of carboxylic acids is 1. The highest BCUT2D eigenvalue weighted by molar-refractivity contribution is 5.66. The first-order valence-corrected chi connectivity index (χ1v) is 10.4. The second kappa shape index (κ2) is 10.3. The maximum Gasteiger partial charge on any atom is 0.325 e. The van der Waals surface area contributed by atoms with E-state index in [0.717, 1.165) is 34.7 Å². The van der Waals surface area contributed by atoms with Gasteiger partial charge in [0.15, 0.2) is 11.5 Å². The number of aryl methyl sites for hydroxylation is 1. The largest absolute Gasteiger partial charge is 0.480 e. The molecular formula is C22H28F2N4O3. The van der Waals surface area contributed by atoms with E-state index in [2.05, 4.69) is 15.2 Å². The third-order valence-electron chi connectivity index (χ3n) is 4.80. The minimum absolute atomic E-state index is 0.00380. The van der Waals surface area contributed by atoms with Crippen LogP contribution in [0.15, 0.2) is 34.9 Å². The average molecular weight is 434 g/mol. The topological polar surface area (TPSA) is 94.0 Å². The van der Waals surface area contributed by atoms with E-state index < -0.39 is 24.6 Å². The van der Waals surface area contributed by atoms with E-state index in [1.54, 1.807) is 0 Å². The average Bonchev–Trinajstić information content (AvgIpc) is 3.21. The van der Waals surface area contributed by atoms with Crippen LogP contribution in [0.3, 0.4) is 0 Å². The van der Waals surface area contributed by atoms with Crippen molar-refractivity contribution in [3.8, 4) is 11.6 Å². The Morgan fingerprint density at radius 2 is 1.87 bits per heavy atom. The van der Waals surface area contributed by atoms with Crippen LogP contribution in [0.4, 0.5) is 8.78 Å². The smallest absolute Gasteiger partial charge is 0.325 e.